The van der Waals surface area contributed by atoms with Crippen LogP contribution in [-0.4, -0.2) is 6.10 Å². The minimum Gasteiger partial charge on any atom is -0.490 e. The van der Waals surface area contributed by atoms with Crippen LogP contribution in [0.5, 0.6) is 5.75 Å². The summed E-state index contributed by atoms with van der Waals surface area (Å²) in [6.45, 7) is 4.76. The molecule has 20 heavy (non-hydrogen) atoms. The van der Waals surface area contributed by atoms with Crippen molar-refractivity contribution in [2.24, 2.45) is 0 Å². The van der Waals surface area contributed by atoms with E-state index in [0.717, 1.165) is 28.0 Å². The number of benzene rings is 2. The fourth-order valence-corrected chi connectivity index (χ4v) is 2.11. The van der Waals surface area contributed by atoms with Gasteiger partial charge in [-0.1, -0.05) is 24.3 Å². The van der Waals surface area contributed by atoms with Gasteiger partial charge in [0.1, 0.15) is 5.75 Å². The molecule has 0 radical (unpaired) electrons. The lowest BCUT2D eigenvalue weighted by Gasteiger charge is -2.14. The molecule has 4 heteroatoms. The average Bonchev–Trinajstić information content (AvgIpc) is 2.43. The van der Waals surface area contributed by atoms with Gasteiger partial charge in [0.25, 0.3) is 0 Å². The molecule has 0 saturated carbocycles. The molecule has 0 bridgehead atoms. The van der Waals surface area contributed by atoms with Crippen molar-refractivity contribution >= 4 is 21.6 Å². The number of nitrogens with one attached hydrogen (secondary N) is 2. The first-order valence-electron chi connectivity index (χ1n) is 6.64. The molecule has 0 atom stereocenters. The smallest absolute Gasteiger partial charge is 0.134 e. The van der Waals surface area contributed by atoms with Gasteiger partial charge in [-0.2, -0.15) is 0 Å². The fourth-order valence-electron chi connectivity index (χ4n) is 1.77. The second-order valence-electron chi connectivity index (χ2n) is 4.78. The van der Waals surface area contributed by atoms with Crippen LogP contribution in [-0.2, 0) is 6.54 Å². The number of hydrogen-bond donors (Lipinski definition) is 2. The number of hydrazine groups is 1. The molecule has 0 unspecified atom stereocenters. The molecule has 0 spiro atoms. The van der Waals surface area contributed by atoms with Crippen molar-refractivity contribution in [3.05, 3.63) is 58.6 Å². The molecular formula is C16H19BrN2O. The maximum atomic E-state index is 5.76. The second kappa shape index (κ2) is 7.31. The van der Waals surface area contributed by atoms with Gasteiger partial charge in [-0.25, -0.2) is 5.43 Å². The van der Waals surface area contributed by atoms with Crippen molar-refractivity contribution in [2.45, 2.75) is 26.5 Å². The fraction of sp³-hybridized carbons (Fsp3) is 0.250. The predicted molar refractivity (Wildman–Crippen MR) is 86.8 cm³/mol. The summed E-state index contributed by atoms with van der Waals surface area (Å²) in [4.78, 5) is 0. The van der Waals surface area contributed by atoms with Gasteiger partial charge in [-0.15, -0.1) is 0 Å². The van der Waals surface area contributed by atoms with Crippen LogP contribution >= 0.6 is 15.9 Å². The summed E-state index contributed by atoms with van der Waals surface area (Å²) in [5, 5.41) is 0. The molecule has 0 saturated heterocycles. The summed E-state index contributed by atoms with van der Waals surface area (Å²) >= 11 is 3.50. The van der Waals surface area contributed by atoms with Crippen LogP contribution in [0.15, 0.2) is 53.0 Å². The molecule has 0 heterocycles. The summed E-state index contributed by atoms with van der Waals surface area (Å²) in [6.07, 6.45) is 0.164. The number of hydrogen-bond acceptors (Lipinski definition) is 3. The summed E-state index contributed by atoms with van der Waals surface area (Å²) < 4.78 is 6.73. The molecule has 2 aromatic carbocycles. The Balaban J connectivity index is 1.93. The highest BCUT2D eigenvalue weighted by Crippen LogP contribution is 2.27. The van der Waals surface area contributed by atoms with Crippen LogP contribution in [0.1, 0.15) is 19.4 Å². The maximum absolute atomic E-state index is 5.76. The quantitative estimate of drug-likeness (QED) is 0.770. The Morgan fingerprint density at radius 1 is 1.10 bits per heavy atom. The van der Waals surface area contributed by atoms with Gasteiger partial charge in [0.15, 0.2) is 0 Å². The lowest BCUT2D eigenvalue weighted by molar-refractivity contribution is 0.240. The largest absolute Gasteiger partial charge is 0.490 e. The van der Waals surface area contributed by atoms with Crippen LogP contribution in [0.3, 0.4) is 0 Å². The molecule has 0 fully saturated rings. The molecule has 2 rings (SSSR count). The summed E-state index contributed by atoms with van der Waals surface area (Å²) in [5.74, 6) is 0.874. The average molecular weight is 335 g/mol. The molecule has 0 amide bonds. The normalized spacial score (nSPS) is 10.6. The molecule has 2 aromatic rings. The van der Waals surface area contributed by atoms with Crippen LogP contribution < -0.4 is 15.6 Å². The summed E-state index contributed by atoms with van der Waals surface area (Å²) in [5.41, 5.74) is 8.57. The van der Waals surface area contributed by atoms with E-state index in [1.165, 1.54) is 0 Å². The minimum absolute atomic E-state index is 0.164. The maximum Gasteiger partial charge on any atom is 0.134 e. The van der Waals surface area contributed by atoms with E-state index in [2.05, 4.69) is 32.8 Å². The van der Waals surface area contributed by atoms with Gasteiger partial charge in [0.05, 0.1) is 10.6 Å². The van der Waals surface area contributed by atoms with E-state index in [4.69, 9.17) is 4.74 Å². The highest BCUT2D eigenvalue weighted by molar-refractivity contribution is 9.10. The SMILES string of the molecule is CC(C)Oc1cc(CNNc2ccccc2)ccc1Br. The Labute approximate surface area is 128 Å². The molecule has 106 valence electrons. The van der Waals surface area contributed by atoms with E-state index in [9.17, 15) is 0 Å². The van der Waals surface area contributed by atoms with Crippen molar-refractivity contribution in [1.82, 2.24) is 5.43 Å². The van der Waals surface area contributed by atoms with Crippen LogP contribution in [0, 0.1) is 0 Å². The van der Waals surface area contributed by atoms with Crippen LogP contribution in [0.4, 0.5) is 5.69 Å². The third kappa shape index (κ3) is 4.54. The Morgan fingerprint density at radius 2 is 1.85 bits per heavy atom. The van der Waals surface area contributed by atoms with E-state index < -0.39 is 0 Å². The number of para-hydroxylation sites is 1. The van der Waals surface area contributed by atoms with Gasteiger partial charge in [-0.05, 0) is 59.6 Å². The Kier molecular flexibility index (Phi) is 5.44. The number of halogens is 1. The first-order chi connectivity index (χ1) is 9.65. The van der Waals surface area contributed by atoms with Crippen LogP contribution in [0.2, 0.25) is 0 Å². The summed E-state index contributed by atoms with van der Waals surface area (Å²) in [6, 6.07) is 16.1. The number of rotatable bonds is 6. The Morgan fingerprint density at radius 3 is 2.55 bits per heavy atom. The molecule has 2 N–H and O–H groups in total. The van der Waals surface area contributed by atoms with E-state index >= 15 is 0 Å². The number of anilines is 1. The highest BCUT2D eigenvalue weighted by atomic mass is 79.9. The van der Waals surface area contributed by atoms with Crippen molar-refractivity contribution in [1.29, 1.82) is 0 Å². The van der Waals surface area contributed by atoms with Crippen molar-refractivity contribution < 1.29 is 4.74 Å². The van der Waals surface area contributed by atoms with E-state index in [1.54, 1.807) is 0 Å². The Hall–Kier alpha value is -1.52. The third-order valence-electron chi connectivity index (χ3n) is 2.66. The van der Waals surface area contributed by atoms with E-state index in [0.29, 0.717) is 0 Å². The van der Waals surface area contributed by atoms with Gasteiger partial charge in [-0.3, -0.25) is 0 Å². The number of ether oxygens (including phenoxy) is 1. The standard InChI is InChI=1S/C16H19BrN2O/c1-12(2)20-16-10-13(8-9-15(16)17)11-18-19-14-6-4-3-5-7-14/h3-10,12,18-19H,11H2,1-2H3. The van der Waals surface area contributed by atoms with Crippen molar-refractivity contribution in [3.63, 3.8) is 0 Å². The predicted octanol–water partition coefficient (Wildman–Crippen LogP) is 4.35. The van der Waals surface area contributed by atoms with Gasteiger partial charge in [0.2, 0.25) is 0 Å². The molecular weight excluding hydrogens is 316 g/mol. The first-order valence-corrected chi connectivity index (χ1v) is 7.43. The van der Waals surface area contributed by atoms with E-state index in [1.807, 2.05) is 56.3 Å². The topological polar surface area (TPSA) is 33.3 Å². The minimum atomic E-state index is 0.164. The van der Waals surface area contributed by atoms with Crippen molar-refractivity contribution in [2.75, 3.05) is 5.43 Å². The molecule has 0 aromatic heterocycles. The molecule has 0 aliphatic heterocycles. The van der Waals surface area contributed by atoms with E-state index in [-0.39, 0.29) is 6.10 Å². The monoisotopic (exact) mass is 334 g/mol. The van der Waals surface area contributed by atoms with Crippen LogP contribution in [0.25, 0.3) is 0 Å². The van der Waals surface area contributed by atoms with Gasteiger partial charge >= 0.3 is 0 Å². The first kappa shape index (κ1) is 14.9. The lowest BCUT2D eigenvalue weighted by Crippen LogP contribution is -2.20. The van der Waals surface area contributed by atoms with Crippen molar-refractivity contribution in [3.8, 4) is 5.75 Å². The highest BCUT2D eigenvalue weighted by Gasteiger charge is 2.05. The van der Waals surface area contributed by atoms with Gasteiger partial charge < -0.3 is 10.2 Å². The molecule has 0 aliphatic rings. The zero-order chi connectivity index (χ0) is 14.4. The third-order valence-corrected chi connectivity index (χ3v) is 3.31. The van der Waals surface area contributed by atoms with Gasteiger partial charge in [0, 0.05) is 12.2 Å². The zero-order valence-corrected chi connectivity index (χ0v) is 13.3. The molecule has 3 nitrogen and oxygen atoms in total. The second-order valence-corrected chi connectivity index (χ2v) is 5.63. The summed E-state index contributed by atoms with van der Waals surface area (Å²) in [7, 11) is 0. The zero-order valence-electron chi connectivity index (χ0n) is 11.7. The molecule has 0 aliphatic carbocycles. The lowest BCUT2D eigenvalue weighted by atomic mass is 10.2. The Bertz CT molecular complexity index is 543.